The summed E-state index contributed by atoms with van der Waals surface area (Å²) in [6, 6.07) is 3.56. The molecule has 0 amide bonds. The summed E-state index contributed by atoms with van der Waals surface area (Å²) < 4.78 is 0. The van der Waals surface area contributed by atoms with Gasteiger partial charge in [-0.25, -0.2) is 0 Å². The number of halogens is 1. The second-order valence-electron chi connectivity index (χ2n) is 2.16. The summed E-state index contributed by atoms with van der Waals surface area (Å²) in [7, 11) is 0. The Morgan fingerprint density at radius 1 is 1.50 bits per heavy atom. The number of rotatable bonds is 0. The van der Waals surface area contributed by atoms with Crippen LogP contribution in [-0.2, 0) is 0 Å². The topological polar surface area (TPSA) is 26.0 Å². The van der Waals surface area contributed by atoms with Crippen molar-refractivity contribution >= 4 is 29.9 Å². The minimum Gasteiger partial charge on any atom is -0.398 e. The third-order valence-electron chi connectivity index (χ3n) is 1.31. The smallest absolute Gasteiger partial charge is 0.0464 e. The Hall–Kier alpha value is -0.340. The van der Waals surface area contributed by atoms with Crippen LogP contribution < -0.4 is 5.73 Å². The molecule has 0 spiro atoms. The first-order chi connectivity index (χ1) is 4.61. The SMILES string of the molecule is Cc1cc(S)c(N)cc1Cl. The number of hydrogen-bond acceptors (Lipinski definition) is 2. The summed E-state index contributed by atoms with van der Waals surface area (Å²) in [6.45, 7) is 1.92. The Balaban J connectivity index is 3.28. The summed E-state index contributed by atoms with van der Waals surface area (Å²) in [5.74, 6) is 0. The van der Waals surface area contributed by atoms with Gasteiger partial charge in [-0.1, -0.05) is 11.6 Å². The fourth-order valence-electron chi connectivity index (χ4n) is 0.682. The van der Waals surface area contributed by atoms with E-state index in [1.54, 1.807) is 6.07 Å². The molecule has 0 unspecified atom stereocenters. The molecule has 0 saturated heterocycles. The Kier molecular flexibility index (Phi) is 2.11. The van der Waals surface area contributed by atoms with Crippen LogP contribution in [0.15, 0.2) is 17.0 Å². The Morgan fingerprint density at radius 2 is 2.10 bits per heavy atom. The highest BCUT2D eigenvalue weighted by molar-refractivity contribution is 7.80. The molecule has 1 aromatic rings. The van der Waals surface area contributed by atoms with Crippen molar-refractivity contribution in [3.05, 3.63) is 22.7 Å². The summed E-state index contributed by atoms with van der Waals surface area (Å²) in [6.07, 6.45) is 0. The molecule has 1 aromatic carbocycles. The fraction of sp³-hybridized carbons (Fsp3) is 0.143. The lowest BCUT2D eigenvalue weighted by atomic mass is 10.2. The van der Waals surface area contributed by atoms with Crippen molar-refractivity contribution in [2.24, 2.45) is 0 Å². The van der Waals surface area contributed by atoms with Crippen LogP contribution in [-0.4, -0.2) is 0 Å². The van der Waals surface area contributed by atoms with E-state index in [9.17, 15) is 0 Å². The van der Waals surface area contributed by atoms with Crippen LogP contribution in [0.5, 0.6) is 0 Å². The standard InChI is InChI=1S/C7H8ClNS/c1-4-2-7(10)6(9)3-5(4)8/h2-3,10H,9H2,1H3. The third kappa shape index (κ3) is 1.39. The molecule has 0 aliphatic carbocycles. The van der Waals surface area contributed by atoms with Crippen LogP contribution in [0, 0.1) is 6.92 Å². The number of benzene rings is 1. The maximum absolute atomic E-state index is 5.77. The van der Waals surface area contributed by atoms with Crippen molar-refractivity contribution in [1.29, 1.82) is 0 Å². The number of aryl methyl sites for hydroxylation is 1. The number of thiol groups is 1. The van der Waals surface area contributed by atoms with Crippen molar-refractivity contribution < 1.29 is 0 Å². The molecule has 1 nitrogen and oxygen atoms in total. The van der Waals surface area contributed by atoms with Gasteiger partial charge in [0.1, 0.15) is 0 Å². The highest BCUT2D eigenvalue weighted by Gasteiger charge is 1.98. The monoisotopic (exact) mass is 173 g/mol. The lowest BCUT2D eigenvalue weighted by molar-refractivity contribution is 1.37. The van der Waals surface area contributed by atoms with Gasteiger partial charge in [0.15, 0.2) is 0 Å². The van der Waals surface area contributed by atoms with Crippen molar-refractivity contribution in [3.8, 4) is 0 Å². The van der Waals surface area contributed by atoms with Crippen LogP contribution in [0.1, 0.15) is 5.56 Å². The van der Waals surface area contributed by atoms with E-state index in [2.05, 4.69) is 12.6 Å². The molecule has 0 bridgehead atoms. The molecule has 3 heteroatoms. The Morgan fingerprint density at radius 3 is 2.60 bits per heavy atom. The Bertz CT molecular complexity index is 210. The van der Waals surface area contributed by atoms with Gasteiger partial charge in [-0.2, -0.15) is 0 Å². The van der Waals surface area contributed by atoms with Crippen LogP contribution >= 0.6 is 24.2 Å². The summed E-state index contributed by atoms with van der Waals surface area (Å²) >= 11 is 9.90. The van der Waals surface area contributed by atoms with Crippen molar-refractivity contribution in [2.45, 2.75) is 11.8 Å². The fourth-order valence-corrected chi connectivity index (χ4v) is 1.11. The predicted octanol–water partition coefficient (Wildman–Crippen LogP) is 2.52. The second-order valence-corrected chi connectivity index (χ2v) is 3.05. The number of anilines is 1. The molecule has 2 N–H and O–H groups in total. The zero-order valence-corrected chi connectivity index (χ0v) is 7.21. The van der Waals surface area contributed by atoms with E-state index < -0.39 is 0 Å². The maximum Gasteiger partial charge on any atom is 0.0464 e. The summed E-state index contributed by atoms with van der Waals surface area (Å²) in [5, 5.41) is 0.690. The third-order valence-corrected chi connectivity index (χ3v) is 2.10. The van der Waals surface area contributed by atoms with Crippen LogP contribution in [0.2, 0.25) is 5.02 Å². The van der Waals surface area contributed by atoms with E-state index >= 15 is 0 Å². The largest absolute Gasteiger partial charge is 0.398 e. The first-order valence-electron chi connectivity index (χ1n) is 2.86. The maximum atomic E-state index is 5.77. The van der Waals surface area contributed by atoms with Gasteiger partial charge in [0.05, 0.1) is 0 Å². The van der Waals surface area contributed by atoms with Crippen LogP contribution in [0.3, 0.4) is 0 Å². The molecule has 0 heterocycles. The van der Waals surface area contributed by atoms with Crippen molar-refractivity contribution in [2.75, 3.05) is 5.73 Å². The minimum absolute atomic E-state index is 0.624. The van der Waals surface area contributed by atoms with Gasteiger partial charge in [0.25, 0.3) is 0 Å². The zero-order chi connectivity index (χ0) is 7.72. The normalized spacial score (nSPS) is 9.90. The first-order valence-corrected chi connectivity index (χ1v) is 3.68. The van der Waals surface area contributed by atoms with E-state index in [-0.39, 0.29) is 0 Å². The quantitative estimate of drug-likeness (QED) is 0.458. The van der Waals surface area contributed by atoms with E-state index in [0.29, 0.717) is 10.7 Å². The molecule has 0 saturated carbocycles. The van der Waals surface area contributed by atoms with Crippen LogP contribution in [0.4, 0.5) is 5.69 Å². The summed E-state index contributed by atoms with van der Waals surface area (Å²) in [5.41, 5.74) is 7.15. The molecular weight excluding hydrogens is 166 g/mol. The van der Waals surface area contributed by atoms with Crippen molar-refractivity contribution in [3.63, 3.8) is 0 Å². The van der Waals surface area contributed by atoms with Gasteiger partial charge in [0.2, 0.25) is 0 Å². The van der Waals surface area contributed by atoms with E-state index in [4.69, 9.17) is 17.3 Å². The number of nitrogens with two attached hydrogens (primary N) is 1. The average Bonchev–Trinajstić information content (AvgIpc) is 1.84. The first kappa shape index (κ1) is 7.76. The van der Waals surface area contributed by atoms with Gasteiger partial charge in [-0.15, -0.1) is 12.6 Å². The minimum atomic E-state index is 0.624. The van der Waals surface area contributed by atoms with Gasteiger partial charge in [-0.05, 0) is 24.6 Å². The second kappa shape index (κ2) is 2.72. The van der Waals surface area contributed by atoms with Crippen molar-refractivity contribution in [1.82, 2.24) is 0 Å². The number of nitrogen functional groups attached to an aromatic ring is 1. The van der Waals surface area contributed by atoms with Crippen LogP contribution in [0.25, 0.3) is 0 Å². The lowest BCUT2D eigenvalue weighted by Crippen LogP contribution is -1.87. The molecule has 54 valence electrons. The lowest BCUT2D eigenvalue weighted by Gasteiger charge is -2.01. The van der Waals surface area contributed by atoms with E-state index in [1.165, 1.54) is 0 Å². The molecule has 0 radical (unpaired) electrons. The van der Waals surface area contributed by atoms with E-state index in [1.807, 2.05) is 13.0 Å². The predicted molar refractivity (Wildman–Crippen MR) is 47.9 cm³/mol. The molecule has 0 aromatic heterocycles. The molecule has 0 aliphatic rings. The van der Waals surface area contributed by atoms with Gasteiger partial charge in [-0.3, -0.25) is 0 Å². The molecule has 10 heavy (non-hydrogen) atoms. The molecule has 0 atom stereocenters. The molecule has 0 fully saturated rings. The molecule has 1 rings (SSSR count). The summed E-state index contributed by atoms with van der Waals surface area (Å²) in [4.78, 5) is 0.780. The number of hydrogen-bond donors (Lipinski definition) is 2. The van der Waals surface area contributed by atoms with Gasteiger partial charge in [0, 0.05) is 15.6 Å². The highest BCUT2D eigenvalue weighted by atomic mass is 35.5. The molecule has 0 aliphatic heterocycles. The zero-order valence-electron chi connectivity index (χ0n) is 5.56. The van der Waals surface area contributed by atoms with Gasteiger partial charge < -0.3 is 5.73 Å². The van der Waals surface area contributed by atoms with E-state index in [0.717, 1.165) is 10.5 Å². The molecular formula is C7H8ClNS. The Labute approximate surface area is 70.6 Å². The van der Waals surface area contributed by atoms with Gasteiger partial charge >= 0.3 is 0 Å². The highest BCUT2D eigenvalue weighted by Crippen LogP contribution is 2.24. The average molecular weight is 174 g/mol.